The van der Waals surface area contributed by atoms with Crippen molar-refractivity contribution in [1.82, 2.24) is 5.32 Å². The van der Waals surface area contributed by atoms with E-state index < -0.39 is 0 Å². The van der Waals surface area contributed by atoms with Crippen LogP contribution in [-0.2, 0) is 6.54 Å². The Balaban J connectivity index is 2.40. The molecule has 0 heterocycles. The lowest BCUT2D eigenvalue weighted by Crippen LogP contribution is -2.14. The summed E-state index contributed by atoms with van der Waals surface area (Å²) >= 11 is 0. The van der Waals surface area contributed by atoms with Crippen LogP contribution in [0, 0.1) is 18.6 Å². The van der Waals surface area contributed by atoms with E-state index in [0.29, 0.717) is 6.54 Å². The van der Waals surface area contributed by atoms with Crippen molar-refractivity contribution in [1.29, 1.82) is 0 Å². The first-order valence-electron chi connectivity index (χ1n) is 6.87. The van der Waals surface area contributed by atoms with Gasteiger partial charge in [0.1, 0.15) is 11.6 Å². The fourth-order valence-electron chi connectivity index (χ4n) is 2.26. The molecule has 0 unspecified atom stereocenters. The topological polar surface area (TPSA) is 12.0 Å². The number of rotatable bonds is 5. The summed E-state index contributed by atoms with van der Waals surface area (Å²) < 4.78 is 27.1. The van der Waals surface area contributed by atoms with Gasteiger partial charge in [-0.2, -0.15) is 0 Å². The van der Waals surface area contributed by atoms with Gasteiger partial charge in [0.15, 0.2) is 0 Å². The molecular formula is C17H19F2N. The smallest absolute Gasteiger partial charge is 0.124 e. The molecule has 0 spiro atoms. The van der Waals surface area contributed by atoms with Gasteiger partial charge >= 0.3 is 0 Å². The van der Waals surface area contributed by atoms with Crippen LogP contribution < -0.4 is 5.32 Å². The summed E-state index contributed by atoms with van der Waals surface area (Å²) in [5.74, 6) is -0.599. The van der Waals surface area contributed by atoms with Gasteiger partial charge in [0.2, 0.25) is 0 Å². The summed E-state index contributed by atoms with van der Waals surface area (Å²) in [6.45, 7) is 5.48. The second kappa shape index (κ2) is 6.62. The van der Waals surface area contributed by atoms with E-state index in [9.17, 15) is 8.78 Å². The summed E-state index contributed by atoms with van der Waals surface area (Å²) in [5.41, 5.74) is 3.27. The summed E-state index contributed by atoms with van der Waals surface area (Å²) in [6.07, 6.45) is 1.04. The molecule has 2 aromatic rings. The molecule has 0 radical (unpaired) electrons. The van der Waals surface area contributed by atoms with E-state index >= 15 is 0 Å². The molecule has 0 atom stereocenters. The van der Waals surface area contributed by atoms with Gasteiger partial charge in [0.25, 0.3) is 0 Å². The number of benzene rings is 2. The van der Waals surface area contributed by atoms with Gasteiger partial charge in [-0.25, -0.2) is 8.78 Å². The Morgan fingerprint density at radius 1 is 1.00 bits per heavy atom. The number of hydrogen-bond acceptors (Lipinski definition) is 1. The molecule has 0 aliphatic rings. The number of halogens is 2. The van der Waals surface area contributed by atoms with E-state index in [4.69, 9.17) is 0 Å². The average molecular weight is 275 g/mol. The summed E-state index contributed by atoms with van der Waals surface area (Å²) in [6, 6.07) is 9.47. The third-order valence-electron chi connectivity index (χ3n) is 3.17. The Kier molecular flexibility index (Phi) is 4.85. The molecule has 2 aromatic carbocycles. The zero-order valence-corrected chi connectivity index (χ0v) is 11.8. The van der Waals surface area contributed by atoms with Gasteiger partial charge < -0.3 is 5.32 Å². The van der Waals surface area contributed by atoms with Crippen LogP contribution >= 0.6 is 0 Å². The van der Waals surface area contributed by atoms with Gasteiger partial charge in [-0.1, -0.05) is 19.1 Å². The largest absolute Gasteiger partial charge is 0.313 e. The van der Waals surface area contributed by atoms with Crippen LogP contribution in [0.4, 0.5) is 8.78 Å². The molecule has 1 N–H and O–H groups in total. The van der Waals surface area contributed by atoms with Gasteiger partial charge in [-0.15, -0.1) is 0 Å². The summed E-state index contributed by atoms with van der Waals surface area (Å²) in [5, 5.41) is 3.29. The Morgan fingerprint density at radius 3 is 2.50 bits per heavy atom. The lowest BCUT2D eigenvalue weighted by molar-refractivity contribution is 0.623. The van der Waals surface area contributed by atoms with Gasteiger partial charge in [0, 0.05) is 6.54 Å². The molecule has 106 valence electrons. The van der Waals surface area contributed by atoms with Crippen molar-refractivity contribution in [2.45, 2.75) is 26.8 Å². The van der Waals surface area contributed by atoms with Crippen molar-refractivity contribution < 1.29 is 8.78 Å². The molecular weight excluding hydrogens is 256 g/mol. The number of nitrogens with one attached hydrogen (secondary N) is 1. The number of hydrogen-bond donors (Lipinski definition) is 1. The maximum atomic E-state index is 13.5. The van der Waals surface area contributed by atoms with Crippen LogP contribution in [0.3, 0.4) is 0 Å². The summed E-state index contributed by atoms with van der Waals surface area (Å²) in [4.78, 5) is 0. The minimum Gasteiger partial charge on any atom is -0.313 e. The van der Waals surface area contributed by atoms with E-state index in [1.54, 1.807) is 6.07 Å². The first-order chi connectivity index (χ1) is 9.60. The van der Waals surface area contributed by atoms with E-state index in [1.807, 2.05) is 13.0 Å². The third-order valence-corrected chi connectivity index (χ3v) is 3.17. The van der Waals surface area contributed by atoms with Crippen LogP contribution in [-0.4, -0.2) is 6.54 Å². The Bertz CT molecular complexity index is 573. The van der Waals surface area contributed by atoms with E-state index in [0.717, 1.165) is 35.2 Å². The molecule has 0 saturated heterocycles. The number of aryl methyl sites for hydroxylation is 1. The molecule has 0 fully saturated rings. The van der Waals surface area contributed by atoms with Crippen LogP contribution in [0.15, 0.2) is 36.4 Å². The van der Waals surface area contributed by atoms with Crippen molar-refractivity contribution in [2.75, 3.05) is 6.54 Å². The highest BCUT2D eigenvalue weighted by Crippen LogP contribution is 2.26. The zero-order valence-electron chi connectivity index (χ0n) is 11.8. The first-order valence-corrected chi connectivity index (χ1v) is 6.87. The second-order valence-corrected chi connectivity index (χ2v) is 5.00. The normalized spacial score (nSPS) is 10.8. The van der Waals surface area contributed by atoms with Gasteiger partial charge in [0.05, 0.1) is 0 Å². The quantitative estimate of drug-likeness (QED) is 0.795. The van der Waals surface area contributed by atoms with E-state index in [1.165, 1.54) is 24.3 Å². The molecule has 0 aromatic heterocycles. The Hall–Kier alpha value is -1.74. The predicted molar refractivity (Wildman–Crippen MR) is 78.5 cm³/mol. The third kappa shape index (κ3) is 3.64. The SMILES string of the molecule is CCCNCc1ccc(F)cc1-c1cc(C)cc(F)c1. The molecule has 0 bridgehead atoms. The maximum Gasteiger partial charge on any atom is 0.124 e. The molecule has 1 nitrogen and oxygen atoms in total. The van der Waals surface area contributed by atoms with Crippen LogP contribution in [0.25, 0.3) is 11.1 Å². The zero-order chi connectivity index (χ0) is 14.5. The van der Waals surface area contributed by atoms with Gasteiger partial charge in [-0.3, -0.25) is 0 Å². The van der Waals surface area contributed by atoms with Gasteiger partial charge in [-0.05, 0) is 66.4 Å². The Morgan fingerprint density at radius 2 is 1.80 bits per heavy atom. The summed E-state index contributed by atoms with van der Waals surface area (Å²) in [7, 11) is 0. The fourth-order valence-corrected chi connectivity index (χ4v) is 2.26. The molecule has 3 heteroatoms. The van der Waals surface area contributed by atoms with Crippen molar-refractivity contribution in [3.63, 3.8) is 0 Å². The lowest BCUT2D eigenvalue weighted by atomic mass is 9.98. The van der Waals surface area contributed by atoms with E-state index in [2.05, 4.69) is 12.2 Å². The molecule has 2 rings (SSSR count). The minimum absolute atomic E-state index is 0.295. The molecule has 0 aliphatic heterocycles. The average Bonchev–Trinajstić information content (AvgIpc) is 2.39. The van der Waals surface area contributed by atoms with Crippen molar-refractivity contribution in [3.8, 4) is 11.1 Å². The molecule has 0 saturated carbocycles. The molecule has 20 heavy (non-hydrogen) atoms. The highest BCUT2D eigenvalue weighted by Gasteiger charge is 2.08. The predicted octanol–water partition coefficient (Wildman–Crippen LogP) is 4.44. The monoisotopic (exact) mass is 275 g/mol. The van der Waals surface area contributed by atoms with Crippen molar-refractivity contribution in [2.24, 2.45) is 0 Å². The highest BCUT2D eigenvalue weighted by atomic mass is 19.1. The van der Waals surface area contributed by atoms with Crippen molar-refractivity contribution in [3.05, 3.63) is 59.2 Å². The standard InChI is InChI=1S/C17H19F2N/c1-3-6-20-11-13-4-5-15(18)10-17(13)14-7-12(2)8-16(19)9-14/h4-5,7-10,20H,3,6,11H2,1-2H3. The highest BCUT2D eigenvalue weighted by molar-refractivity contribution is 5.68. The van der Waals surface area contributed by atoms with E-state index in [-0.39, 0.29) is 11.6 Å². The minimum atomic E-state index is -0.304. The van der Waals surface area contributed by atoms with Crippen LogP contribution in [0.5, 0.6) is 0 Å². The van der Waals surface area contributed by atoms with Crippen LogP contribution in [0.1, 0.15) is 24.5 Å². The molecule has 0 amide bonds. The second-order valence-electron chi connectivity index (χ2n) is 5.00. The fraction of sp³-hybridized carbons (Fsp3) is 0.294. The maximum absolute atomic E-state index is 13.5. The molecule has 0 aliphatic carbocycles. The lowest BCUT2D eigenvalue weighted by Gasteiger charge is -2.12. The van der Waals surface area contributed by atoms with Crippen molar-refractivity contribution >= 4 is 0 Å². The Labute approximate surface area is 118 Å². The first kappa shape index (κ1) is 14.7. The van der Waals surface area contributed by atoms with Crippen LogP contribution in [0.2, 0.25) is 0 Å².